The van der Waals surface area contributed by atoms with Gasteiger partial charge in [0.25, 0.3) is 0 Å². The highest BCUT2D eigenvalue weighted by molar-refractivity contribution is 6.30. The third kappa shape index (κ3) is 2.82. The lowest BCUT2D eigenvalue weighted by Gasteiger charge is -2.17. The molecule has 0 amide bonds. The molecule has 0 aliphatic rings. The molecule has 2 heterocycles. The van der Waals surface area contributed by atoms with Crippen molar-refractivity contribution in [2.24, 2.45) is 14.1 Å². The van der Waals surface area contributed by atoms with Crippen LogP contribution in [0.1, 0.15) is 30.0 Å². The number of halogens is 1. The van der Waals surface area contributed by atoms with Crippen molar-refractivity contribution in [3.05, 3.63) is 34.6 Å². The summed E-state index contributed by atoms with van der Waals surface area (Å²) in [5.41, 5.74) is 2.06. The number of aromatic nitrogens is 4. The van der Waals surface area contributed by atoms with Crippen LogP contribution in [0.4, 0.5) is 0 Å². The first-order chi connectivity index (χ1) is 9.04. The smallest absolute Gasteiger partial charge is 0.130 e. The molecule has 0 radical (unpaired) electrons. The topological polar surface area (TPSA) is 47.7 Å². The van der Waals surface area contributed by atoms with Crippen molar-refractivity contribution in [1.29, 1.82) is 0 Å². The summed E-state index contributed by atoms with van der Waals surface area (Å²) in [6.45, 7) is 4.96. The first-order valence-electron chi connectivity index (χ1n) is 6.43. The van der Waals surface area contributed by atoms with E-state index in [9.17, 15) is 0 Å². The third-order valence-corrected chi connectivity index (χ3v) is 3.77. The van der Waals surface area contributed by atoms with Gasteiger partial charge in [0.05, 0.1) is 11.7 Å². The van der Waals surface area contributed by atoms with Crippen molar-refractivity contribution in [3.8, 4) is 0 Å². The molecule has 0 aliphatic carbocycles. The molecule has 2 aromatic heterocycles. The second-order valence-corrected chi connectivity index (χ2v) is 5.05. The molecule has 0 spiro atoms. The number of rotatable bonds is 5. The zero-order valence-electron chi connectivity index (χ0n) is 11.8. The molecular weight excluding hydrogens is 262 g/mol. The standard InChI is InChI=1S/C13H20ClN5/c1-5-15-11(13-16-6-7-18(13)3)8-10-9(2)17-19(4)12(10)14/h6-7,11,15H,5,8H2,1-4H3. The average Bonchev–Trinajstić information content (AvgIpc) is 2.88. The van der Waals surface area contributed by atoms with Crippen LogP contribution in [0, 0.1) is 6.92 Å². The van der Waals surface area contributed by atoms with Gasteiger partial charge in [-0.15, -0.1) is 0 Å². The Hall–Kier alpha value is -1.33. The molecule has 2 rings (SSSR count). The lowest BCUT2D eigenvalue weighted by atomic mass is 10.1. The second-order valence-electron chi connectivity index (χ2n) is 4.69. The molecule has 1 unspecified atom stereocenters. The zero-order valence-corrected chi connectivity index (χ0v) is 12.6. The maximum absolute atomic E-state index is 6.30. The summed E-state index contributed by atoms with van der Waals surface area (Å²) < 4.78 is 3.75. The fraction of sp³-hybridized carbons (Fsp3) is 0.538. The molecule has 0 aromatic carbocycles. The molecule has 0 aliphatic heterocycles. The van der Waals surface area contributed by atoms with E-state index in [4.69, 9.17) is 11.6 Å². The molecule has 2 aromatic rings. The van der Waals surface area contributed by atoms with E-state index in [1.54, 1.807) is 4.68 Å². The van der Waals surface area contributed by atoms with Gasteiger partial charge in [-0.1, -0.05) is 18.5 Å². The molecule has 1 N–H and O–H groups in total. The van der Waals surface area contributed by atoms with Crippen LogP contribution in [0.25, 0.3) is 0 Å². The Morgan fingerprint density at radius 2 is 2.16 bits per heavy atom. The lowest BCUT2D eigenvalue weighted by Crippen LogP contribution is -2.26. The van der Waals surface area contributed by atoms with Crippen LogP contribution in [-0.4, -0.2) is 25.9 Å². The molecular formula is C13H20ClN5. The summed E-state index contributed by atoms with van der Waals surface area (Å²) in [6.07, 6.45) is 4.56. The number of nitrogens with one attached hydrogen (secondary N) is 1. The van der Waals surface area contributed by atoms with Gasteiger partial charge in [-0.2, -0.15) is 5.10 Å². The van der Waals surface area contributed by atoms with Crippen molar-refractivity contribution < 1.29 is 0 Å². The lowest BCUT2D eigenvalue weighted by molar-refractivity contribution is 0.506. The number of hydrogen-bond donors (Lipinski definition) is 1. The van der Waals surface area contributed by atoms with Crippen molar-refractivity contribution in [2.45, 2.75) is 26.3 Å². The molecule has 104 valence electrons. The van der Waals surface area contributed by atoms with Crippen LogP contribution >= 0.6 is 11.6 Å². The highest BCUT2D eigenvalue weighted by atomic mass is 35.5. The molecule has 1 atom stereocenters. The monoisotopic (exact) mass is 281 g/mol. The van der Waals surface area contributed by atoms with E-state index in [1.807, 2.05) is 38.0 Å². The summed E-state index contributed by atoms with van der Waals surface area (Å²) in [6, 6.07) is 0.144. The molecule has 0 fully saturated rings. The van der Waals surface area contributed by atoms with Gasteiger partial charge < -0.3 is 9.88 Å². The van der Waals surface area contributed by atoms with Crippen LogP contribution < -0.4 is 5.32 Å². The minimum atomic E-state index is 0.144. The van der Waals surface area contributed by atoms with Crippen LogP contribution in [0.2, 0.25) is 5.15 Å². The maximum Gasteiger partial charge on any atom is 0.130 e. The predicted octanol–water partition coefficient (Wildman–Crippen LogP) is 2.01. The Bertz CT molecular complexity index is 557. The number of nitrogens with zero attached hydrogens (tertiary/aromatic N) is 4. The van der Waals surface area contributed by atoms with Gasteiger partial charge in [-0.25, -0.2) is 4.98 Å². The number of imidazole rings is 1. The summed E-state index contributed by atoms with van der Waals surface area (Å²) >= 11 is 6.30. The predicted molar refractivity (Wildman–Crippen MR) is 76.3 cm³/mol. The third-order valence-electron chi connectivity index (χ3n) is 3.30. The van der Waals surface area contributed by atoms with E-state index in [1.165, 1.54) is 0 Å². The van der Waals surface area contributed by atoms with Crippen LogP contribution in [0.5, 0.6) is 0 Å². The highest BCUT2D eigenvalue weighted by Gasteiger charge is 2.20. The van der Waals surface area contributed by atoms with Gasteiger partial charge in [0.2, 0.25) is 0 Å². The van der Waals surface area contributed by atoms with Crippen LogP contribution in [0.3, 0.4) is 0 Å². The molecule has 0 saturated carbocycles. The maximum atomic E-state index is 6.30. The first-order valence-corrected chi connectivity index (χ1v) is 6.81. The van der Waals surface area contributed by atoms with E-state index >= 15 is 0 Å². The van der Waals surface area contributed by atoms with Crippen molar-refractivity contribution in [1.82, 2.24) is 24.6 Å². The van der Waals surface area contributed by atoms with Crippen molar-refractivity contribution in [2.75, 3.05) is 6.54 Å². The molecule has 19 heavy (non-hydrogen) atoms. The Morgan fingerprint density at radius 1 is 1.42 bits per heavy atom. The summed E-state index contributed by atoms with van der Waals surface area (Å²) in [5.74, 6) is 1.01. The fourth-order valence-electron chi connectivity index (χ4n) is 2.32. The van der Waals surface area contributed by atoms with Gasteiger partial charge in [0.15, 0.2) is 0 Å². The van der Waals surface area contributed by atoms with Gasteiger partial charge in [0, 0.05) is 32.1 Å². The zero-order chi connectivity index (χ0) is 14.0. The van der Waals surface area contributed by atoms with Crippen molar-refractivity contribution >= 4 is 11.6 Å². The van der Waals surface area contributed by atoms with Crippen LogP contribution in [0.15, 0.2) is 12.4 Å². The minimum absolute atomic E-state index is 0.144. The molecule has 0 saturated heterocycles. The van der Waals surface area contributed by atoms with Gasteiger partial charge in [0.1, 0.15) is 11.0 Å². The Labute approximate surface area is 118 Å². The Morgan fingerprint density at radius 3 is 2.63 bits per heavy atom. The highest BCUT2D eigenvalue weighted by Crippen LogP contribution is 2.25. The van der Waals surface area contributed by atoms with Gasteiger partial charge >= 0.3 is 0 Å². The average molecular weight is 282 g/mol. The molecule has 6 heteroatoms. The van der Waals surface area contributed by atoms with E-state index in [2.05, 4.69) is 22.3 Å². The van der Waals surface area contributed by atoms with E-state index in [0.29, 0.717) is 5.15 Å². The number of likely N-dealkylation sites (N-methyl/N-ethyl adjacent to an activating group) is 1. The molecule has 0 bridgehead atoms. The Balaban J connectivity index is 2.29. The fourth-order valence-corrected chi connectivity index (χ4v) is 2.58. The SMILES string of the molecule is CCNC(Cc1c(C)nn(C)c1Cl)c1nccn1C. The number of hydrogen-bond acceptors (Lipinski definition) is 3. The summed E-state index contributed by atoms with van der Waals surface area (Å²) in [7, 11) is 3.87. The van der Waals surface area contributed by atoms with Gasteiger partial charge in [-0.3, -0.25) is 4.68 Å². The largest absolute Gasteiger partial charge is 0.337 e. The van der Waals surface area contributed by atoms with E-state index in [-0.39, 0.29) is 6.04 Å². The van der Waals surface area contributed by atoms with E-state index in [0.717, 1.165) is 30.0 Å². The first kappa shape index (κ1) is 14.1. The van der Waals surface area contributed by atoms with E-state index < -0.39 is 0 Å². The summed E-state index contributed by atoms with van der Waals surface area (Å²) in [4.78, 5) is 4.43. The Kier molecular flexibility index (Phi) is 4.27. The van der Waals surface area contributed by atoms with Gasteiger partial charge in [-0.05, 0) is 19.9 Å². The van der Waals surface area contributed by atoms with Crippen molar-refractivity contribution in [3.63, 3.8) is 0 Å². The summed E-state index contributed by atoms with van der Waals surface area (Å²) in [5, 5.41) is 8.52. The minimum Gasteiger partial charge on any atom is -0.337 e. The normalized spacial score (nSPS) is 12.9. The van der Waals surface area contributed by atoms with Crippen LogP contribution in [-0.2, 0) is 20.5 Å². The number of aryl methyl sites for hydroxylation is 3. The quantitative estimate of drug-likeness (QED) is 0.912. The second kappa shape index (κ2) is 5.75. The molecule has 5 nitrogen and oxygen atoms in total.